The van der Waals surface area contributed by atoms with Crippen LogP contribution in [0.1, 0.15) is 22.8 Å². The van der Waals surface area contributed by atoms with E-state index in [9.17, 15) is 4.79 Å². The summed E-state index contributed by atoms with van der Waals surface area (Å²) in [6.45, 7) is 1.83. The minimum Gasteiger partial charge on any atom is -0.484 e. The van der Waals surface area contributed by atoms with Crippen LogP contribution in [0.4, 0.5) is 0 Å². The highest BCUT2D eigenvalue weighted by atomic mass is 16.7. The molecule has 1 aromatic carbocycles. The summed E-state index contributed by atoms with van der Waals surface area (Å²) in [6.07, 6.45) is 2.34. The molecule has 1 saturated heterocycles. The Morgan fingerprint density at radius 2 is 2.27 bits per heavy atom. The molecule has 1 aromatic heterocycles. The summed E-state index contributed by atoms with van der Waals surface area (Å²) in [5, 5.41) is 0. The summed E-state index contributed by atoms with van der Waals surface area (Å²) in [5.74, 6) is 2.09. The second-order valence-corrected chi connectivity index (χ2v) is 6.17. The largest absolute Gasteiger partial charge is 0.484 e. The molecule has 26 heavy (non-hydrogen) atoms. The molecule has 2 aromatic rings. The Hall–Kier alpha value is -2.78. The van der Waals surface area contributed by atoms with Crippen molar-refractivity contribution >= 4 is 5.91 Å². The van der Waals surface area contributed by atoms with E-state index in [0.717, 1.165) is 13.0 Å². The first-order chi connectivity index (χ1) is 12.7. The SMILES string of the molecule is CN(CC1CCNN1)C(=O)c1coc(COc2ccc3c(c2)OCO3)n1. The van der Waals surface area contributed by atoms with Crippen molar-refractivity contribution < 1.29 is 23.4 Å². The number of amides is 1. The van der Waals surface area contributed by atoms with Gasteiger partial charge in [0.25, 0.3) is 5.91 Å². The number of benzene rings is 1. The minimum atomic E-state index is -0.184. The number of rotatable bonds is 6. The van der Waals surface area contributed by atoms with Crippen LogP contribution in [0, 0.1) is 0 Å². The number of hydrogen-bond donors (Lipinski definition) is 2. The molecular weight excluding hydrogens is 340 g/mol. The van der Waals surface area contributed by atoms with Gasteiger partial charge in [0.2, 0.25) is 12.7 Å². The third-order valence-electron chi connectivity index (χ3n) is 4.24. The van der Waals surface area contributed by atoms with Crippen LogP contribution in [0.5, 0.6) is 17.2 Å². The highest BCUT2D eigenvalue weighted by Gasteiger charge is 2.22. The molecule has 9 nitrogen and oxygen atoms in total. The number of nitrogens with zero attached hydrogens (tertiary/aromatic N) is 2. The van der Waals surface area contributed by atoms with Crippen molar-refractivity contribution in [3.8, 4) is 17.2 Å². The minimum absolute atomic E-state index is 0.116. The zero-order valence-electron chi connectivity index (χ0n) is 14.4. The van der Waals surface area contributed by atoms with Gasteiger partial charge in [-0.15, -0.1) is 0 Å². The van der Waals surface area contributed by atoms with Crippen LogP contribution < -0.4 is 25.1 Å². The Labute approximate surface area is 150 Å². The highest BCUT2D eigenvalue weighted by molar-refractivity contribution is 5.91. The molecule has 0 saturated carbocycles. The Morgan fingerprint density at radius 3 is 3.12 bits per heavy atom. The maximum Gasteiger partial charge on any atom is 0.275 e. The average Bonchev–Trinajstić information content (AvgIpc) is 3.40. The van der Waals surface area contributed by atoms with Gasteiger partial charge in [-0.3, -0.25) is 15.6 Å². The maximum atomic E-state index is 12.4. The second kappa shape index (κ2) is 7.22. The first kappa shape index (κ1) is 16.7. The van der Waals surface area contributed by atoms with Crippen LogP contribution in [-0.4, -0.2) is 48.8 Å². The summed E-state index contributed by atoms with van der Waals surface area (Å²) in [5.41, 5.74) is 6.45. The van der Waals surface area contributed by atoms with Crippen molar-refractivity contribution in [2.45, 2.75) is 19.1 Å². The molecule has 0 spiro atoms. The van der Waals surface area contributed by atoms with Crippen LogP contribution in [0.15, 0.2) is 28.9 Å². The first-order valence-electron chi connectivity index (χ1n) is 8.40. The van der Waals surface area contributed by atoms with Crippen LogP contribution in [0.2, 0.25) is 0 Å². The van der Waals surface area contributed by atoms with Gasteiger partial charge in [0, 0.05) is 32.2 Å². The summed E-state index contributed by atoms with van der Waals surface area (Å²) >= 11 is 0. The quantitative estimate of drug-likeness (QED) is 0.785. The summed E-state index contributed by atoms with van der Waals surface area (Å²) in [6, 6.07) is 5.54. The van der Waals surface area contributed by atoms with Gasteiger partial charge in [0.05, 0.1) is 0 Å². The number of hydrogen-bond acceptors (Lipinski definition) is 8. The van der Waals surface area contributed by atoms with E-state index < -0.39 is 0 Å². The Morgan fingerprint density at radius 1 is 1.38 bits per heavy atom. The van der Waals surface area contributed by atoms with Gasteiger partial charge in [-0.05, 0) is 18.6 Å². The van der Waals surface area contributed by atoms with Gasteiger partial charge in [-0.2, -0.15) is 0 Å². The fraction of sp³-hybridized carbons (Fsp3) is 0.412. The molecule has 2 N–H and O–H groups in total. The lowest BCUT2D eigenvalue weighted by atomic mass is 10.2. The second-order valence-electron chi connectivity index (χ2n) is 6.17. The molecule has 2 aliphatic rings. The molecule has 138 valence electrons. The number of ether oxygens (including phenoxy) is 3. The predicted molar refractivity (Wildman–Crippen MR) is 89.9 cm³/mol. The number of carbonyl (C=O) groups is 1. The summed E-state index contributed by atoms with van der Waals surface area (Å²) < 4.78 is 21.6. The fourth-order valence-electron chi connectivity index (χ4n) is 2.87. The molecule has 9 heteroatoms. The lowest BCUT2D eigenvalue weighted by molar-refractivity contribution is 0.0777. The smallest absolute Gasteiger partial charge is 0.275 e. The van der Waals surface area contributed by atoms with Gasteiger partial charge in [0.15, 0.2) is 23.8 Å². The number of hydrazine groups is 1. The molecule has 0 bridgehead atoms. The van der Waals surface area contributed by atoms with Crippen LogP contribution >= 0.6 is 0 Å². The highest BCUT2D eigenvalue weighted by Crippen LogP contribution is 2.35. The van der Waals surface area contributed by atoms with Crippen LogP contribution in [0.25, 0.3) is 0 Å². The van der Waals surface area contributed by atoms with Gasteiger partial charge in [-0.25, -0.2) is 4.98 Å². The Balaban J connectivity index is 1.33. The topological polar surface area (TPSA) is 98.1 Å². The Kier molecular flexibility index (Phi) is 4.63. The zero-order valence-corrected chi connectivity index (χ0v) is 14.4. The van der Waals surface area contributed by atoms with Gasteiger partial charge in [-0.1, -0.05) is 0 Å². The Bertz CT molecular complexity index is 787. The molecule has 1 amide bonds. The maximum absolute atomic E-state index is 12.4. The van der Waals surface area contributed by atoms with E-state index in [1.54, 1.807) is 30.1 Å². The lowest BCUT2D eigenvalue weighted by Gasteiger charge is -2.19. The van der Waals surface area contributed by atoms with E-state index in [2.05, 4.69) is 15.8 Å². The van der Waals surface area contributed by atoms with Crippen molar-refractivity contribution in [2.24, 2.45) is 0 Å². The van der Waals surface area contributed by atoms with Crippen molar-refractivity contribution in [3.63, 3.8) is 0 Å². The van der Waals surface area contributed by atoms with E-state index in [0.29, 0.717) is 29.7 Å². The number of oxazole rings is 1. The van der Waals surface area contributed by atoms with Crippen LogP contribution in [-0.2, 0) is 6.61 Å². The number of fused-ring (bicyclic) bond motifs is 1. The normalized spacial score (nSPS) is 18.1. The van der Waals surface area contributed by atoms with E-state index in [-0.39, 0.29) is 31.0 Å². The van der Waals surface area contributed by atoms with E-state index >= 15 is 0 Å². The monoisotopic (exact) mass is 360 g/mol. The molecule has 1 unspecified atom stereocenters. The van der Waals surface area contributed by atoms with Crippen LogP contribution in [0.3, 0.4) is 0 Å². The zero-order chi connectivity index (χ0) is 17.9. The van der Waals surface area contributed by atoms with Crippen molar-refractivity contribution in [1.29, 1.82) is 0 Å². The van der Waals surface area contributed by atoms with Crippen molar-refractivity contribution in [3.05, 3.63) is 36.0 Å². The molecule has 3 heterocycles. The average molecular weight is 360 g/mol. The molecule has 0 radical (unpaired) electrons. The fourth-order valence-corrected chi connectivity index (χ4v) is 2.87. The molecular formula is C17H20N4O5. The van der Waals surface area contributed by atoms with Crippen molar-refractivity contribution in [1.82, 2.24) is 20.7 Å². The van der Waals surface area contributed by atoms with Gasteiger partial charge in [0.1, 0.15) is 12.0 Å². The first-order valence-corrected chi connectivity index (χ1v) is 8.40. The van der Waals surface area contributed by atoms with E-state index in [1.807, 2.05) is 0 Å². The standard InChI is InChI=1S/C17H20N4O5/c1-21(7-11-4-5-18-20-11)17(22)13-8-24-16(19-13)9-23-12-2-3-14-15(6-12)26-10-25-14/h2-3,6,8,11,18,20H,4-5,7,9-10H2,1H3. The van der Waals surface area contributed by atoms with Crippen molar-refractivity contribution in [2.75, 3.05) is 26.9 Å². The molecule has 1 fully saturated rings. The third-order valence-corrected chi connectivity index (χ3v) is 4.24. The number of carbonyl (C=O) groups excluding carboxylic acids is 1. The van der Waals surface area contributed by atoms with Gasteiger partial charge >= 0.3 is 0 Å². The lowest BCUT2D eigenvalue weighted by Crippen LogP contribution is -2.41. The van der Waals surface area contributed by atoms with E-state index in [1.165, 1.54) is 6.26 Å². The van der Waals surface area contributed by atoms with E-state index in [4.69, 9.17) is 18.6 Å². The van der Waals surface area contributed by atoms with Gasteiger partial charge < -0.3 is 23.5 Å². The molecule has 1 atom stereocenters. The number of aromatic nitrogens is 1. The number of nitrogens with one attached hydrogen (secondary N) is 2. The molecule has 0 aliphatic carbocycles. The molecule has 2 aliphatic heterocycles. The molecule has 4 rings (SSSR count). The summed E-state index contributed by atoms with van der Waals surface area (Å²) in [7, 11) is 1.75. The number of likely N-dealkylation sites (N-methyl/N-ethyl adjacent to an activating group) is 1. The summed E-state index contributed by atoms with van der Waals surface area (Å²) in [4.78, 5) is 18.3. The predicted octanol–water partition coefficient (Wildman–Crippen LogP) is 0.921. The third kappa shape index (κ3) is 3.58.